The molecular formula is C11H10BrN3O2. The van der Waals surface area contributed by atoms with Crippen molar-refractivity contribution in [1.82, 2.24) is 15.3 Å². The molecule has 6 heteroatoms. The average molecular weight is 296 g/mol. The van der Waals surface area contributed by atoms with Crippen molar-refractivity contribution in [2.75, 3.05) is 0 Å². The third kappa shape index (κ3) is 2.85. The number of hydrogen-bond donors (Lipinski definition) is 3. The van der Waals surface area contributed by atoms with Crippen molar-refractivity contribution >= 4 is 21.8 Å². The maximum atomic E-state index is 11.6. The molecule has 1 aromatic carbocycles. The zero-order valence-corrected chi connectivity index (χ0v) is 10.4. The van der Waals surface area contributed by atoms with Crippen LogP contribution in [0.4, 0.5) is 0 Å². The molecule has 0 atom stereocenters. The van der Waals surface area contributed by atoms with Crippen LogP contribution in [-0.4, -0.2) is 15.9 Å². The summed E-state index contributed by atoms with van der Waals surface area (Å²) >= 11 is 3.39. The van der Waals surface area contributed by atoms with E-state index in [9.17, 15) is 9.59 Å². The normalized spacial score (nSPS) is 10.2. The fraction of sp³-hybridized carbons (Fsp3) is 0.0909. The number of rotatable bonds is 3. The van der Waals surface area contributed by atoms with Crippen LogP contribution >= 0.6 is 15.9 Å². The van der Waals surface area contributed by atoms with Crippen molar-refractivity contribution in [1.29, 1.82) is 0 Å². The van der Waals surface area contributed by atoms with Gasteiger partial charge in [-0.3, -0.25) is 4.79 Å². The minimum Gasteiger partial charge on any atom is -0.347 e. The second-order valence-electron chi connectivity index (χ2n) is 3.43. The molecule has 1 aromatic heterocycles. The van der Waals surface area contributed by atoms with Gasteiger partial charge < -0.3 is 15.3 Å². The predicted octanol–water partition coefficient (Wildman–Crippen LogP) is 1.40. The highest BCUT2D eigenvalue weighted by Crippen LogP contribution is 2.15. The van der Waals surface area contributed by atoms with Gasteiger partial charge in [-0.25, -0.2) is 4.79 Å². The van der Waals surface area contributed by atoms with Gasteiger partial charge >= 0.3 is 5.69 Å². The lowest BCUT2D eigenvalue weighted by Gasteiger charge is -2.05. The second-order valence-corrected chi connectivity index (χ2v) is 4.28. The highest BCUT2D eigenvalue weighted by atomic mass is 79.9. The van der Waals surface area contributed by atoms with E-state index in [1.807, 2.05) is 24.3 Å². The zero-order valence-electron chi connectivity index (χ0n) is 8.79. The Morgan fingerprint density at radius 3 is 2.76 bits per heavy atom. The Morgan fingerprint density at radius 1 is 1.35 bits per heavy atom. The number of amides is 1. The number of imidazole rings is 1. The number of carbonyl (C=O) groups excluding carboxylic acids is 1. The summed E-state index contributed by atoms with van der Waals surface area (Å²) in [6.45, 7) is 0.396. The van der Waals surface area contributed by atoms with Gasteiger partial charge in [0.05, 0.1) is 0 Å². The minimum absolute atomic E-state index is 0.224. The van der Waals surface area contributed by atoms with Crippen molar-refractivity contribution < 1.29 is 4.79 Å². The highest BCUT2D eigenvalue weighted by molar-refractivity contribution is 9.10. The summed E-state index contributed by atoms with van der Waals surface area (Å²) in [5, 5.41) is 2.71. The molecule has 0 aliphatic heterocycles. The lowest BCUT2D eigenvalue weighted by Crippen LogP contribution is -2.23. The molecule has 0 saturated heterocycles. The molecule has 88 valence electrons. The summed E-state index contributed by atoms with van der Waals surface area (Å²) in [5.41, 5.74) is 0.803. The lowest BCUT2D eigenvalue weighted by molar-refractivity contribution is 0.0946. The summed E-state index contributed by atoms with van der Waals surface area (Å²) in [6.07, 6.45) is 1.34. The number of benzene rings is 1. The van der Waals surface area contributed by atoms with Gasteiger partial charge in [-0.15, -0.1) is 0 Å². The second kappa shape index (κ2) is 5.01. The first kappa shape index (κ1) is 11.7. The predicted molar refractivity (Wildman–Crippen MR) is 66.7 cm³/mol. The van der Waals surface area contributed by atoms with E-state index in [4.69, 9.17) is 0 Å². The molecular weight excluding hydrogens is 286 g/mol. The summed E-state index contributed by atoms with van der Waals surface area (Å²) in [7, 11) is 0. The Balaban J connectivity index is 2.02. The fourth-order valence-electron chi connectivity index (χ4n) is 1.37. The van der Waals surface area contributed by atoms with Crippen molar-refractivity contribution in [2.45, 2.75) is 6.54 Å². The van der Waals surface area contributed by atoms with Crippen LogP contribution in [0.2, 0.25) is 0 Å². The molecule has 3 N–H and O–H groups in total. The van der Waals surface area contributed by atoms with Gasteiger partial charge in [0.1, 0.15) is 5.69 Å². The number of nitrogens with one attached hydrogen (secondary N) is 3. The number of halogens is 1. The number of aromatic amines is 2. The van der Waals surface area contributed by atoms with Gasteiger partial charge in [0.2, 0.25) is 0 Å². The van der Waals surface area contributed by atoms with Gasteiger partial charge in [-0.1, -0.05) is 34.1 Å². The SMILES string of the molecule is O=C(NCc1ccccc1Br)c1c[nH]c(=O)[nH]1. The van der Waals surface area contributed by atoms with Crippen LogP contribution in [0.3, 0.4) is 0 Å². The summed E-state index contributed by atoms with van der Waals surface area (Å²) in [5.74, 6) is -0.320. The molecule has 5 nitrogen and oxygen atoms in total. The molecule has 0 fully saturated rings. The molecule has 0 radical (unpaired) electrons. The molecule has 0 saturated carbocycles. The van der Waals surface area contributed by atoms with Crippen LogP contribution in [0.15, 0.2) is 39.7 Å². The topological polar surface area (TPSA) is 77.8 Å². The monoisotopic (exact) mass is 295 g/mol. The van der Waals surface area contributed by atoms with E-state index < -0.39 is 5.69 Å². The van der Waals surface area contributed by atoms with E-state index in [0.717, 1.165) is 10.0 Å². The maximum absolute atomic E-state index is 11.6. The summed E-state index contributed by atoms with van der Waals surface area (Å²) < 4.78 is 0.933. The van der Waals surface area contributed by atoms with Gasteiger partial charge in [-0.2, -0.15) is 0 Å². The van der Waals surface area contributed by atoms with Crippen molar-refractivity contribution in [2.24, 2.45) is 0 Å². The van der Waals surface area contributed by atoms with E-state index in [-0.39, 0.29) is 11.6 Å². The first-order valence-electron chi connectivity index (χ1n) is 4.96. The van der Waals surface area contributed by atoms with Crippen LogP contribution in [-0.2, 0) is 6.54 Å². The number of H-pyrrole nitrogens is 2. The minimum atomic E-state index is -0.393. The first-order valence-corrected chi connectivity index (χ1v) is 5.75. The quantitative estimate of drug-likeness (QED) is 0.800. The molecule has 0 aliphatic rings. The highest BCUT2D eigenvalue weighted by Gasteiger charge is 2.07. The molecule has 0 bridgehead atoms. The molecule has 2 aromatic rings. The molecule has 1 heterocycles. The fourth-order valence-corrected chi connectivity index (χ4v) is 1.79. The number of hydrogen-bond acceptors (Lipinski definition) is 2. The molecule has 17 heavy (non-hydrogen) atoms. The van der Waals surface area contributed by atoms with E-state index in [1.165, 1.54) is 6.20 Å². The van der Waals surface area contributed by atoms with Crippen LogP contribution in [0.25, 0.3) is 0 Å². The van der Waals surface area contributed by atoms with Crippen LogP contribution in [0, 0.1) is 0 Å². The Hall–Kier alpha value is -1.82. The van der Waals surface area contributed by atoms with Crippen LogP contribution in [0.5, 0.6) is 0 Å². The molecule has 0 spiro atoms. The largest absolute Gasteiger partial charge is 0.347 e. The Morgan fingerprint density at radius 2 is 2.12 bits per heavy atom. The van der Waals surface area contributed by atoms with Crippen molar-refractivity contribution in [3.8, 4) is 0 Å². The Kier molecular flexibility index (Phi) is 3.43. The van der Waals surface area contributed by atoms with E-state index in [2.05, 4.69) is 31.2 Å². The van der Waals surface area contributed by atoms with E-state index in [1.54, 1.807) is 0 Å². The average Bonchev–Trinajstić information content (AvgIpc) is 2.74. The molecule has 0 aliphatic carbocycles. The van der Waals surface area contributed by atoms with Crippen molar-refractivity contribution in [3.05, 3.63) is 56.7 Å². The van der Waals surface area contributed by atoms with Gasteiger partial charge in [0.15, 0.2) is 0 Å². The third-order valence-corrected chi connectivity index (χ3v) is 3.01. The summed E-state index contributed by atoms with van der Waals surface area (Å²) in [6, 6.07) is 7.60. The Labute approximate surface area is 105 Å². The third-order valence-electron chi connectivity index (χ3n) is 2.24. The van der Waals surface area contributed by atoms with Crippen molar-refractivity contribution in [3.63, 3.8) is 0 Å². The summed E-state index contributed by atoms with van der Waals surface area (Å²) in [4.78, 5) is 27.2. The Bertz CT molecular complexity index is 588. The number of aromatic nitrogens is 2. The van der Waals surface area contributed by atoms with Gasteiger partial charge in [0.25, 0.3) is 5.91 Å². The first-order chi connectivity index (χ1) is 8.16. The zero-order chi connectivity index (χ0) is 12.3. The smallest absolute Gasteiger partial charge is 0.323 e. The van der Waals surface area contributed by atoms with Gasteiger partial charge in [0, 0.05) is 17.2 Å². The van der Waals surface area contributed by atoms with Gasteiger partial charge in [-0.05, 0) is 11.6 Å². The molecule has 0 unspecified atom stereocenters. The van der Waals surface area contributed by atoms with Crippen LogP contribution < -0.4 is 11.0 Å². The standard InChI is InChI=1S/C11H10BrN3O2/c12-8-4-2-1-3-7(8)5-13-10(16)9-6-14-11(17)15-9/h1-4,6H,5H2,(H,13,16)(H2,14,15,17). The molecule has 2 rings (SSSR count). The number of carbonyl (C=O) groups is 1. The van der Waals surface area contributed by atoms with Crippen LogP contribution in [0.1, 0.15) is 16.1 Å². The molecule has 1 amide bonds. The van der Waals surface area contributed by atoms with E-state index in [0.29, 0.717) is 6.54 Å². The van der Waals surface area contributed by atoms with E-state index >= 15 is 0 Å². The maximum Gasteiger partial charge on any atom is 0.323 e. The lowest BCUT2D eigenvalue weighted by atomic mass is 10.2.